The van der Waals surface area contributed by atoms with Gasteiger partial charge in [0.2, 0.25) is 0 Å². The van der Waals surface area contributed by atoms with E-state index in [1.807, 2.05) is 13.8 Å². The molecule has 0 aromatic carbocycles. The van der Waals surface area contributed by atoms with E-state index in [1.165, 1.54) is 0 Å². The molecule has 3 heteroatoms. The van der Waals surface area contributed by atoms with Gasteiger partial charge in [-0.05, 0) is 0 Å². The molecule has 0 amide bonds. The van der Waals surface area contributed by atoms with E-state index in [4.69, 9.17) is 5.11 Å². The van der Waals surface area contributed by atoms with Crippen molar-refractivity contribution in [1.29, 1.82) is 0 Å². The van der Waals surface area contributed by atoms with E-state index < -0.39 is 5.97 Å². The summed E-state index contributed by atoms with van der Waals surface area (Å²) in [6, 6.07) is 0. The van der Waals surface area contributed by atoms with Gasteiger partial charge in [-0.25, -0.2) is 0 Å². The molecule has 0 spiro atoms. The molecule has 1 unspecified atom stereocenters. The Bertz CT molecular complexity index is 173. The molecule has 2 nitrogen and oxygen atoms in total. The van der Waals surface area contributed by atoms with Crippen LogP contribution in [0.1, 0.15) is 20.3 Å². The zero-order chi connectivity index (χ0) is 9.07. The maximum atomic E-state index is 10.5. The second kappa shape index (κ2) is 3.96. The van der Waals surface area contributed by atoms with Crippen LogP contribution >= 0.6 is 0 Å². The Labute approximate surface area is 76.2 Å². The maximum absolute atomic E-state index is 10.5. The number of carboxylic acids is 1. The third kappa shape index (κ3) is 3.11. The number of carboxylic acid groups (broad SMARTS) is 1. The summed E-state index contributed by atoms with van der Waals surface area (Å²) in [5, 5.41) is 9.70. The van der Waals surface area contributed by atoms with E-state index in [-0.39, 0.29) is 5.41 Å². The van der Waals surface area contributed by atoms with Crippen LogP contribution < -0.4 is 0 Å². The van der Waals surface area contributed by atoms with Gasteiger partial charge in [-0.15, -0.1) is 0 Å². The van der Waals surface area contributed by atoms with Crippen LogP contribution in [-0.2, 0) is 4.79 Å². The molecule has 0 radical (unpaired) electrons. The Kier molecular flexibility index (Phi) is 3.88. The predicted octanol–water partition coefficient (Wildman–Crippen LogP) is 1.09. The van der Waals surface area contributed by atoms with Crippen molar-refractivity contribution in [3.63, 3.8) is 0 Å². The van der Waals surface area contributed by atoms with Crippen LogP contribution in [0, 0.1) is 5.41 Å². The van der Waals surface area contributed by atoms with E-state index in [0.29, 0.717) is 5.57 Å². The molecule has 0 rings (SSSR count). The summed E-state index contributed by atoms with van der Waals surface area (Å²) in [5.41, 5.74) is 0.0673. The molecule has 64 valence electrons. The van der Waals surface area contributed by atoms with E-state index >= 15 is 0 Å². The number of rotatable bonds is 4. The molecular weight excluding hydrogens is 203 g/mol. The number of carbonyl (C=O) groups is 1. The summed E-state index contributed by atoms with van der Waals surface area (Å²) in [6.07, 6.45) is 0.901. The first-order chi connectivity index (χ1) is 4.91. The van der Waals surface area contributed by atoms with E-state index in [1.54, 1.807) is 16.9 Å². The molecule has 0 aromatic rings. The van der Waals surface area contributed by atoms with Crippen LogP contribution in [0.4, 0.5) is 0 Å². The summed E-state index contributed by atoms with van der Waals surface area (Å²) < 4.78 is 0. The molecule has 0 bridgehead atoms. The van der Waals surface area contributed by atoms with Gasteiger partial charge in [-0.1, -0.05) is 0 Å². The fourth-order valence-electron chi connectivity index (χ4n) is 0.801. The minimum atomic E-state index is -0.879. The molecule has 0 fully saturated rings. The predicted molar refractivity (Wildman–Crippen MR) is 48.5 cm³/mol. The van der Waals surface area contributed by atoms with Crippen molar-refractivity contribution in [3.05, 3.63) is 12.2 Å². The van der Waals surface area contributed by atoms with Gasteiger partial charge in [-0.3, -0.25) is 0 Å². The van der Waals surface area contributed by atoms with Crippen molar-refractivity contribution in [2.75, 3.05) is 0 Å². The molecule has 0 saturated carbocycles. The van der Waals surface area contributed by atoms with Crippen molar-refractivity contribution in [3.8, 4) is 0 Å². The Morgan fingerprint density at radius 1 is 1.64 bits per heavy atom. The van der Waals surface area contributed by atoms with E-state index in [0.717, 1.165) is 11.6 Å². The average molecular weight is 218 g/mol. The van der Waals surface area contributed by atoms with Gasteiger partial charge >= 0.3 is 75.8 Å². The van der Waals surface area contributed by atoms with Gasteiger partial charge in [-0.2, -0.15) is 0 Å². The molecule has 1 N–H and O–H groups in total. The van der Waals surface area contributed by atoms with Gasteiger partial charge in [0.05, 0.1) is 0 Å². The van der Waals surface area contributed by atoms with Crippen molar-refractivity contribution in [1.82, 2.24) is 0 Å². The fourth-order valence-corrected chi connectivity index (χ4v) is 2.32. The van der Waals surface area contributed by atoms with Crippen molar-refractivity contribution in [2.24, 2.45) is 5.41 Å². The summed E-state index contributed by atoms with van der Waals surface area (Å²) in [6.45, 7) is 7.39. The van der Waals surface area contributed by atoms with Gasteiger partial charge in [0, 0.05) is 0 Å². The second-order valence-electron chi connectivity index (χ2n) is 3.21. The Balaban J connectivity index is 4.29. The molecular formula is C8H15AsO2. The number of hydrogen-bond acceptors (Lipinski definition) is 1. The summed E-state index contributed by atoms with van der Waals surface area (Å²) in [4.78, 5) is 10.5. The molecule has 0 aromatic heterocycles. The van der Waals surface area contributed by atoms with Gasteiger partial charge < -0.3 is 0 Å². The molecule has 0 saturated heterocycles. The number of hydrogen-bond donors (Lipinski definition) is 1. The van der Waals surface area contributed by atoms with Crippen LogP contribution in [0.5, 0.6) is 0 Å². The van der Waals surface area contributed by atoms with Crippen LogP contribution in [0.2, 0.25) is 5.21 Å². The standard InChI is InChI=1S/C8H15AsO2/c1-6(7(10)11)8(2,3)4-5-9/h1,4-5,9H2,2-3H3,(H,10,11). The topological polar surface area (TPSA) is 37.3 Å². The quantitative estimate of drug-likeness (QED) is 0.566. The molecule has 11 heavy (non-hydrogen) atoms. The zero-order valence-corrected chi connectivity index (χ0v) is 9.48. The molecule has 0 aliphatic heterocycles. The first kappa shape index (κ1) is 10.8. The Hall–Kier alpha value is -0.232. The Morgan fingerprint density at radius 2 is 2.09 bits per heavy atom. The van der Waals surface area contributed by atoms with Crippen LogP contribution in [0.3, 0.4) is 0 Å². The van der Waals surface area contributed by atoms with Crippen LogP contribution in [0.25, 0.3) is 0 Å². The molecule has 0 heterocycles. The third-order valence-electron chi connectivity index (χ3n) is 1.84. The van der Waals surface area contributed by atoms with Gasteiger partial charge in [0.25, 0.3) is 0 Å². The summed E-state index contributed by atoms with van der Waals surface area (Å²) in [7, 11) is 0. The fraction of sp³-hybridized carbons (Fsp3) is 0.625. The zero-order valence-electron chi connectivity index (χ0n) is 7.05. The van der Waals surface area contributed by atoms with Gasteiger partial charge in [0.15, 0.2) is 0 Å². The first-order valence-electron chi connectivity index (χ1n) is 3.54. The minimum absolute atomic E-state index is 0.248. The van der Waals surface area contributed by atoms with Crippen molar-refractivity contribution in [2.45, 2.75) is 25.5 Å². The molecule has 0 aliphatic carbocycles. The van der Waals surface area contributed by atoms with E-state index in [2.05, 4.69) is 6.58 Å². The summed E-state index contributed by atoms with van der Waals surface area (Å²) >= 11 is 1.63. The number of aliphatic carboxylic acids is 1. The van der Waals surface area contributed by atoms with Crippen LogP contribution in [-0.4, -0.2) is 27.9 Å². The second-order valence-corrected chi connectivity index (χ2v) is 4.42. The van der Waals surface area contributed by atoms with Gasteiger partial charge in [0.1, 0.15) is 0 Å². The normalized spacial score (nSPS) is 11.2. The monoisotopic (exact) mass is 218 g/mol. The van der Waals surface area contributed by atoms with Crippen molar-refractivity contribution < 1.29 is 9.90 Å². The first-order valence-corrected chi connectivity index (χ1v) is 5.26. The molecule has 1 atom stereocenters. The van der Waals surface area contributed by atoms with E-state index in [9.17, 15) is 4.79 Å². The third-order valence-corrected chi connectivity index (χ3v) is 2.45. The SMILES string of the molecule is C=C(C(=O)O)C(C)(C)CC[AsH2]. The average Bonchev–Trinajstić information content (AvgIpc) is 1.86. The summed E-state index contributed by atoms with van der Waals surface area (Å²) in [5.74, 6) is -0.879. The Morgan fingerprint density at radius 3 is 2.36 bits per heavy atom. The van der Waals surface area contributed by atoms with Crippen molar-refractivity contribution >= 4 is 22.8 Å². The molecule has 0 aliphatic rings. The van der Waals surface area contributed by atoms with Crippen LogP contribution in [0.15, 0.2) is 12.2 Å².